The molecule has 0 spiro atoms. The molecule has 23 heavy (non-hydrogen) atoms. The van der Waals surface area contributed by atoms with E-state index >= 15 is 0 Å². The molecule has 1 aromatic rings. The van der Waals surface area contributed by atoms with Gasteiger partial charge in [-0.3, -0.25) is 4.79 Å². The molecule has 3 N–H and O–H groups in total. The number of benzene rings is 1. The SMILES string of the molecule is CCN(CC)S(=O)(=O)c1cc(NC(=O)C(C)CN)ccc1Cl.Cl. The van der Waals surface area contributed by atoms with Gasteiger partial charge in [0.05, 0.1) is 5.02 Å². The second kappa shape index (κ2) is 9.44. The van der Waals surface area contributed by atoms with Crippen LogP contribution in [0.3, 0.4) is 0 Å². The molecule has 0 saturated carbocycles. The van der Waals surface area contributed by atoms with Crippen LogP contribution in [0.1, 0.15) is 20.8 Å². The summed E-state index contributed by atoms with van der Waals surface area (Å²) in [5, 5.41) is 2.77. The Morgan fingerprint density at radius 3 is 2.39 bits per heavy atom. The van der Waals surface area contributed by atoms with E-state index in [4.69, 9.17) is 17.3 Å². The second-order valence-corrected chi connectivity index (χ2v) is 7.17. The van der Waals surface area contributed by atoms with Crippen molar-refractivity contribution < 1.29 is 13.2 Å². The molecule has 1 amide bonds. The molecule has 0 aliphatic carbocycles. The number of nitrogens with zero attached hydrogens (tertiary/aromatic N) is 1. The highest BCUT2D eigenvalue weighted by molar-refractivity contribution is 7.89. The monoisotopic (exact) mass is 383 g/mol. The Kier molecular flexibility index (Phi) is 9.09. The van der Waals surface area contributed by atoms with Gasteiger partial charge in [-0.2, -0.15) is 4.31 Å². The molecule has 0 aliphatic rings. The third-order valence-corrected chi connectivity index (χ3v) is 5.85. The summed E-state index contributed by atoms with van der Waals surface area (Å²) in [5.74, 6) is -0.630. The summed E-state index contributed by atoms with van der Waals surface area (Å²) in [5.41, 5.74) is 5.82. The smallest absolute Gasteiger partial charge is 0.244 e. The lowest BCUT2D eigenvalue weighted by Gasteiger charge is -2.20. The van der Waals surface area contributed by atoms with E-state index in [2.05, 4.69) is 5.32 Å². The van der Waals surface area contributed by atoms with Crippen molar-refractivity contribution >= 4 is 45.6 Å². The van der Waals surface area contributed by atoms with Crippen LogP contribution >= 0.6 is 24.0 Å². The van der Waals surface area contributed by atoms with Gasteiger partial charge in [0.1, 0.15) is 4.90 Å². The van der Waals surface area contributed by atoms with Gasteiger partial charge in [-0.05, 0) is 18.2 Å². The Hall–Kier alpha value is -0.860. The first kappa shape index (κ1) is 22.1. The van der Waals surface area contributed by atoms with E-state index in [9.17, 15) is 13.2 Å². The highest BCUT2D eigenvalue weighted by atomic mass is 35.5. The zero-order valence-corrected chi connectivity index (χ0v) is 15.8. The largest absolute Gasteiger partial charge is 0.330 e. The first-order valence-electron chi connectivity index (χ1n) is 7.08. The van der Waals surface area contributed by atoms with Gasteiger partial charge in [0.2, 0.25) is 15.9 Å². The number of rotatable bonds is 7. The lowest BCUT2D eigenvalue weighted by Crippen LogP contribution is -2.31. The number of hydrogen-bond acceptors (Lipinski definition) is 4. The zero-order chi connectivity index (χ0) is 16.9. The highest BCUT2D eigenvalue weighted by Gasteiger charge is 2.25. The van der Waals surface area contributed by atoms with Gasteiger partial charge in [-0.1, -0.05) is 32.4 Å². The Morgan fingerprint density at radius 1 is 1.35 bits per heavy atom. The number of sulfonamides is 1. The van der Waals surface area contributed by atoms with E-state index in [-0.39, 0.29) is 40.7 Å². The number of halogens is 2. The number of carbonyl (C=O) groups is 1. The number of carbonyl (C=O) groups excluding carboxylic acids is 1. The van der Waals surface area contributed by atoms with Gasteiger partial charge in [0.15, 0.2) is 0 Å². The minimum Gasteiger partial charge on any atom is -0.330 e. The molecule has 0 heterocycles. The Bertz CT molecular complexity index is 634. The first-order chi connectivity index (χ1) is 10.3. The van der Waals surface area contributed by atoms with Crippen LogP contribution in [0.25, 0.3) is 0 Å². The van der Waals surface area contributed by atoms with Crippen molar-refractivity contribution in [1.82, 2.24) is 4.31 Å². The van der Waals surface area contributed by atoms with Crippen molar-refractivity contribution in [1.29, 1.82) is 0 Å². The fourth-order valence-electron chi connectivity index (χ4n) is 1.85. The quantitative estimate of drug-likeness (QED) is 0.755. The maximum Gasteiger partial charge on any atom is 0.244 e. The Balaban J connectivity index is 0.00000484. The summed E-state index contributed by atoms with van der Waals surface area (Å²) in [6.45, 7) is 6.10. The molecule has 1 aromatic carbocycles. The minimum absolute atomic E-state index is 0. The number of nitrogens with two attached hydrogens (primary N) is 1. The molecule has 0 aliphatic heterocycles. The molecule has 0 saturated heterocycles. The van der Waals surface area contributed by atoms with Gasteiger partial charge < -0.3 is 11.1 Å². The predicted molar refractivity (Wildman–Crippen MR) is 95.7 cm³/mol. The number of anilines is 1. The van der Waals surface area contributed by atoms with Gasteiger partial charge >= 0.3 is 0 Å². The zero-order valence-electron chi connectivity index (χ0n) is 13.4. The number of hydrogen-bond donors (Lipinski definition) is 2. The van der Waals surface area contributed by atoms with Crippen LogP contribution in [0.15, 0.2) is 23.1 Å². The van der Waals surface area contributed by atoms with Crippen LogP contribution in [-0.4, -0.2) is 38.3 Å². The average Bonchev–Trinajstić information content (AvgIpc) is 2.48. The highest BCUT2D eigenvalue weighted by Crippen LogP contribution is 2.27. The molecular weight excluding hydrogens is 361 g/mol. The fraction of sp³-hybridized carbons (Fsp3) is 0.500. The average molecular weight is 384 g/mol. The van der Waals surface area contributed by atoms with Crippen molar-refractivity contribution in [3.05, 3.63) is 23.2 Å². The molecule has 0 radical (unpaired) electrons. The van der Waals surface area contributed by atoms with Crippen molar-refractivity contribution in [2.24, 2.45) is 11.7 Å². The normalized spacial score (nSPS) is 12.6. The maximum atomic E-state index is 12.6. The second-order valence-electron chi connectivity index (χ2n) is 4.86. The Morgan fingerprint density at radius 2 is 1.91 bits per heavy atom. The molecule has 6 nitrogen and oxygen atoms in total. The van der Waals surface area contributed by atoms with E-state index in [0.29, 0.717) is 18.8 Å². The van der Waals surface area contributed by atoms with E-state index in [1.807, 2.05) is 0 Å². The fourth-order valence-corrected chi connectivity index (χ4v) is 3.81. The standard InChI is InChI=1S/C14H22ClN3O3S.ClH/c1-4-18(5-2)22(20,21)13-8-11(6-7-12(13)15)17-14(19)10(3)9-16;/h6-8,10H,4-5,9,16H2,1-3H3,(H,17,19);1H. The van der Waals surface area contributed by atoms with Gasteiger partial charge in [-0.25, -0.2) is 8.42 Å². The molecule has 9 heteroatoms. The molecule has 132 valence electrons. The first-order valence-corrected chi connectivity index (χ1v) is 8.90. The van der Waals surface area contributed by atoms with Gasteiger partial charge in [-0.15, -0.1) is 12.4 Å². The number of amides is 1. The third-order valence-electron chi connectivity index (χ3n) is 3.32. The van der Waals surface area contributed by atoms with E-state index in [1.54, 1.807) is 26.8 Å². The van der Waals surface area contributed by atoms with E-state index in [0.717, 1.165) is 0 Å². The van der Waals surface area contributed by atoms with Crippen LogP contribution in [-0.2, 0) is 14.8 Å². The van der Waals surface area contributed by atoms with Gasteiger partial charge in [0.25, 0.3) is 0 Å². The molecule has 0 bridgehead atoms. The topological polar surface area (TPSA) is 92.5 Å². The molecule has 1 rings (SSSR count). The van der Waals surface area contributed by atoms with Crippen molar-refractivity contribution in [2.75, 3.05) is 25.0 Å². The molecule has 0 fully saturated rings. The van der Waals surface area contributed by atoms with Gasteiger partial charge in [0, 0.05) is 31.2 Å². The summed E-state index contributed by atoms with van der Waals surface area (Å²) >= 11 is 6.03. The van der Waals surface area contributed by atoms with Crippen LogP contribution in [0, 0.1) is 5.92 Å². The van der Waals surface area contributed by atoms with Crippen LogP contribution in [0.2, 0.25) is 5.02 Å². The lowest BCUT2D eigenvalue weighted by atomic mass is 10.1. The maximum absolute atomic E-state index is 12.6. The lowest BCUT2D eigenvalue weighted by molar-refractivity contribution is -0.119. The molecule has 0 aromatic heterocycles. The van der Waals surface area contributed by atoms with Crippen LogP contribution < -0.4 is 11.1 Å². The number of nitrogens with one attached hydrogen (secondary N) is 1. The summed E-state index contributed by atoms with van der Waals surface area (Å²) in [4.78, 5) is 11.8. The summed E-state index contributed by atoms with van der Waals surface area (Å²) < 4.78 is 26.4. The summed E-state index contributed by atoms with van der Waals surface area (Å²) in [6.07, 6.45) is 0. The third kappa shape index (κ3) is 5.32. The van der Waals surface area contributed by atoms with E-state index in [1.165, 1.54) is 16.4 Å². The Labute approximate surface area is 148 Å². The predicted octanol–water partition coefficient (Wildman–Crippen LogP) is 2.33. The molecule has 1 unspecified atom stereocenters. The van der Waals surface area contributed by atoms with Crippen molar-refractivity contribution in [2.45, 2.75) is 25.7 Å². The van der Waals surface area contributed by atoms with E-state index < -0.39 is 10.0 Å². The van der Waals surface area contributed by atoms with Crippen molar-refractivity contribution in [3.63, 3.8) is 0 Å². The summed E-state index contributed by atoms with van der Waals surface area (Å²) in [7, 11) is -3.69. The minimum atomic E-state index is -3.69. The van der Waals surface area contributed by atoms with Crippen LogP contribution in [0.5, 0.6) is 0 Å². The molecular formula is C14H23Cl2N3O3S. The molecule has 1 atom stereocenters. The van der Waals surface area contributed by atoms with Crippen molar-refractivity contribution in [3.8, 4) is 0 Å². The van der Waals surface area contributed by atoms with Crippen LogP contribution in [0.4, 0.5) is 5.69 Å². The summed E-state index contributed by atoms with van der Waals surface area (Å²) in [6, 6.07) is 4.39.